The zero-order valence-electron chi connectivity index (χ0n) is 12.9. The van der Waals surface area contributed by atoms with E-state index in [1.807, 2.05) is 6.07 Å². The Kier molecular flexibility index (Phi) is 6.03. The first kappa shape index (κ1) is 15.5. The van der Waals surface area contributed by atoms with Crippen LogP contribution >= 0.6 is 0 Å². The summed E-state index contributed by atoms with van der Waals surface area (Å²) in [5, 5.41) is 3.60. The van der Waals surface area contributed by atoms with Crippen LogP contribution in [0.1, 0.15) is 51.5 Å². The topological polar surface area (TPSA) is 12.0 Å². The minimum absolute atomic E-state index is 0.104. The van der Waals surface area contributed by atoms with Crippen LogP contribution in [-0.2, 0) is 6.42 Å². The molecule has 0 spiro atoms. The van der Waals surface area contributed by atoms with Crippen molar-refractivity contribution in [1.29, 1.82) is 0 Å². The molecule has 1 saturated carbocycles. The summed E-state index contributed by atoms with van der Waals surface area (Å²) in [7, 11) is 0. The Balaban J connectivity index is 2.00. The molecule has 0 radical (unpaired) electrons. The molecule has 20 heavy (non-hydrogen) atoms. The van der Waals surface area contributed by atoms with Crippen molar-refractivity contribution >= 4 is 0 Å². The number of rotatable bonds is 5. The number of hydrogen-bond donors (Lipinski definition) is 1. The standard InChI is InChI=1S/C18H28FN/c1-14(2)20-13-17-9-5-3-4-8-16(17)11-15-7-6-10-18(19)12-15/h6-7,10,12,14,16-17,20H,3-5,8-9,11,13H2,1-2H3. The molecule has 1 aromatic carbocycles. The van der Waals surface area contributed by atoms with Crippen LogP contribution in [-0.4, -0.2) is 12.6 Å². The van der Waals surface area contributed by atoms with Crippen molar-refractivity contribution < 1.29 is 4.39 Å². The van der Waals surface area contributed by atoms with Crippen molar-refractivity contribution in [3.63, 3.8) is 0 Å². The number of halogens is 1. The number of nitrogens with one attached hydrogen (secondary N) is 1. The fourth-order valence-corrected chi connectivity index (χ4v) is 3.35. The molecule has 0 amide bonds. The van der Waals surface area contributed by atoms with Gasteiger partial charge in [0.15, 0.2) is 0 Å². The van der Waals surface area contributed by atoms with Gasteiger partial charge in [-0.25, -0.2) is 4.39 Å². The highest BCUT2D eigenvalue weighted by Gasteiger charge is 2.24. The van der Waals surface area contributed by atoms with Gasteiger partial charge in [0.1, 0.15) is 5.82 Å². The first-order valence-corrected chi connectivity index (χ1v) is 8.13. The maximum Gasteiger partial charge on any atom is 0.123 e. The van der Waals surface area contributed by atoms with E-state index in [1.54, 1.807) is 6.07 Å². The molecule has 0 saturated heterocycles. The Labute approximate surface area is 123 Å². The fraction of sp³-hybridized carbons (Fsp3) is 0.667. The van der Waals surface area contributed by atoms with Crippen molar-refractivity contribution in [1.82, 2.24) is 5.32 Å². The van der Waals surface area contributed by atoms with Gasteiger partial charge in [0.25, 0.3) is 0 Å². The molecule has 2 heteroatoms. The maximum absolute atomic E-state index is 13.3. The lowest BCUT2D eigenvalue weighted by atomic mass is 9.83. The zero-order chi connectivity index (χ0) is 14.4. The Hall–Kier alpha value is -0.890. The summed E-state index contributed by atoms with van der Waals surface area (Å²) < 4.78 is 13.3. The van der Waals surface area contributed by atoms with Gasteiger partial charge < -0.3 is 5.32 Å². The van der Waals surface area contributed by atoms with E-state index in [9.17, 15) is 4.39 Å². The Bertz CT molecular complexity index is 402. The molecule has 1 fully saturated rings. The predicted molar refractivity (Wildman–Crippen MR) is 83.3 cm³/mol. The van der Waals surface area contributed by atoms with Crippen molar-refractivity contribution in [2.24, 2.45) is 11.8 Å². The summed E-state index contributed by atoms with van der Waals surface area (Å²) in [5.74, 6) is 1.33. The predicted octanol–water partition coefficient (Wildman–Crippen LogP) is 4.56. The third-order valence-corrected chi connectivity index (χ3v) is 4.49. The summed E-state index contributed by atoms with van der Waals surface area (Å²) in [6, 6.07) is 7.70. The molecule has 1 N–H and O–H groups in total. The highest BCUT2D eigenvalue weighted by molar-refractivity contribution is 5.17. The second kappa shape index (κ2) is 7.78. The van der Waals surface area contributed by atoms with Crippen LogP contribution in [0.4, 0.5) is 4.39 Å². The van der Waals surface area contributed by atoms with E-state index in [-0.39, 0.29) is 5.82 Å². The second-order valence-corrected chi connectivity index (χ2v) is 6.56. The molecule has 0 aliphatic heterocycles. The third-order valence-electron chi connectivity index (χ3n) is 4.49. The molecular weight excluding hydrogens is 249 g/mol. The van der Waals surface area contributed by atoms with Crippen molar-refractivity contribution in [2.45, 2.75) is 58.4 Å². The van der Waals surface area contributed by atoms with Crippen LogP contribution < -0.4 is 5.32 Å². The molecule has 1 nitrogen and oxygen atoms in total. The molecule has 0 aromatic heterocycles. The van der Waals surface area contributed by atoms with Crippen LogP contribution in [0.15, 0.2) is 24.3 Å². The SMILES string of the molecule is CC(C)NCC1CCCCCC1Cc1cccc(F)c1. The molecule has 2 atom stereocenters. The Morgan fingerprint density at radius 3 is 2.60 bits per heavy atom. The molecule has 1 aromatic rings. The van der Waals surface area contributed by atoms with Gasteiger partial charge in [-0.15, -0.1) is 0 Å². The van der Waals surface area contributed by atoms with Gasteiger partial charge in [0.05, 0.1) is 0 Å². The largest absolute Gasteiger partial charge is 0.314 e. The Morgan fingerprint density at radius 1 is 1.15 bits per heavy atom. The summed E-state index contributed by atoms with van der Waals surface area (Å²) in [6.45, 7) is 5.52. The van der Waals surface area contributed by atoms with E-state index in [2.05, 4.69) is 25.2 Å². The normalized spacial score (nSPS) is 23.8. The zero-order valence-corrected chi connectivity index (χ0v) is 12.9. The van der Waals surface area contributed by atoms with Gasteiger partial charge in [0, 0.05) is 6.04 Å². The first-order chi connectivity index (χ1) is 9.65. The van der Waals surface area contributed by atoms with E-state index in [1.165, 1.54) is 38.2 Å². The molecule has 112 valence electrons. The minimum Gasteiger partial charge on any atom is -0.314 e. The highest BCUT2D eigenvalue weighted by Crippen LogP contribution is 2.31. The van der Waals surface area contributed by atoms with E-state index >= 15 is 0 Å². The van der Waals surface area contributed by atoms with Crippen molar-refractivity contribution in [3.05, 3.63) is 35.6 Å². The van der Waals surface area contributed by atoms with Crippen molar-refractivity contribution in [3.8, 4) is 0 Å². The molecule has 0 heterocycles. The van der Waals surface area contributed by atoms with Gasteiger partial charge in [-0.05, 0) is 55.3 Å². The third kappa shape index (κ3) is 4.90. The quantitative estimate of drug-likeness (QED) is 0.778. The average Bonchev–Trinajstić information content (AvgIpc) is 2.62. The monoisotopic (exact) mass is 277 g/mol. The lowest BCUT2D eigenvalue weighted by Crippen LogP contribution is -2.33. The van der Waals surface area contributed by atoms with Gasteiger partial charge in [-0.2, -0.15) is 0 Å². The van der Waals surface area contributed by atoms with Gasteiger partial charge >= 0.3 is 0 Å². The lowest BCUT2D eigenvalue weighted by molar-refractivity contribution is 0.291. The van der Waals surface area contributed by atoms with Crippen LogP contribution in [0.2, 0.25) is 0 Å². The molecular formula is C18H28FN. The van der Waals surface area contributed by atoms with E-state index in [4.69, 9.17) is 0 Å². The van der Waals surface area contributed by atoms with E-state index in [0.717, 1.165) is 24.4 Å². The molecule has 0 bridgehead atoms. The lowest BCUT2D eigenvalue weighted by Gasteiger charge is -2.26. The van der Waals surface area contributed by atoms with Crippen LogP contribution in [0, 0.1) is 17.7 Å². The van der Waals surface area contributed by atoms with E-state index < -0.39 is 0 Å². The van der Waals surface area contributed by atoms with E-state index in [0.29, 0.717) is 12.0 Å². The fourth-order valence-electron chi connectivity index (χ4n) is 3.35. The van der Waals surface area contributed by atoms with Gasteiger partial charge in [-0.1, -0.05) is 45.2 Å². The maximum atomic E-state index is 13.3. The van der Waals surface area contributed by atoms with Crippen LogP contribution in [0.5, 0.6) is 0 Å². The summed E-state index contributed by atoms with van der Waals surface area (Å²) in [4.78, 5) is 0. The van der Waals surface area contributed by atoms with Crippen molar-refractivity contribution in [2.75, 3.05) is 6.54 Å². The van der Waals surface area contributed by atoms with Gasteiger partial charge in [-0.3, -0.25) is 0 Å². The highest BCUT2D eigenvalue weighted by atomic mass is 19.1. The summed E-state index contributed by atoms with van der Waals surface area (Å²) in [6.07, 6.45) is 7.68. The average molecular weight is 277 g/mol. The molecule has 2 rings (SSSR count). The molecule has 1 aliphatic carbocycles. The molecule has 1 aliphatic rings. The van der Waals surface area contributed by atoms with Gasteiger partial charge in [0.2, 0.25) is 0 Å². The van der Waals surface area contributed by atoms with Crippen LogP contribution in [0.3, 0.4) is 0 Å². The second-order valence-electron chi connectivity index (χ2n) is 6.56. The number of hydrogen-bond acceptors (Lipinski definition) is 1. The summed E-state index contributed by atoms with van der Waals surface area (Å²) >= 11 is 0. The molecule has 2 unspecified atom stereocenters. The first-order valence-electron chi connectivity index (χ1n) is 8.13. The summed E-state index contributed by atoms with van der Waals surface area (Å²) in [5.41, 5.74) is 1.16. The minimum atomic E-state index is -0.104. The van der Waals surface area contributed by atoms with Crippen LogP contribution in [0.25, 0.3) is 0 Å². The smallest absolute Gasteiger partial charge is 0.123 e. The Morgan fingerprint density at radius 2 is 1.90 bits per heavy atom. The number of benzene rings is 1.